The predicted molar refractivity (Wildman–Crippen MR) is 132 cm³/mol. The number of benzene rings is 3. The van der Waals surface area contributed by atoms with Gasteiger partial charge in [0.2, 0.25) is 0 Å². The molecule has 174 valence electrons. The summed E-state index contributed by atoms with van der Waals surface area (Å²) in [5.41, 5.74) is 4.15. The molecule has 0 atom stereocenters. The van der Waals surface area contributed by atoms with Crippen LogP contribution in [0.2, 0.25) is 0 Å². The second-order valence-corrected chi connectivity index (χ2v) is 8.75. The third-order valence-corrected chi connectivity index (χ3v) is 6.14. The van der Waals surface area contributed by atoms with Gasteiger partial charge >= 0.3 is 6.03 Å². The number of fused-ring (bicyclic) bond motifs is 2. The highest BCUT2D eigenvalue weighted by atomic mass is 19.1. The van der Waals surface area contributed by atoms with E-state index in [1.165, 1.54) is 6.07 Å². The van der Waals surface area contributed by atoms with Crippen molar-refractivity contribution in [2.45, 2.75) is 20.3 Å². The summed E-state index contributed by atoms with van der Waals surface area (Å²) >= 11 is 0. The number of anilines is 1. The Morgan fingerprint density at radius 2 is 1.74 bits per heavy atom. The number of amidine groups is 1. The number of ether oxygens (including phenoxy) is 1. The Kier molecular flexibility index (Phi) is 5.92. The van der Waals surface area contributed by atoms with Crippen molar-refractivity contribution in [3.05, 3.63) is 83.2 Å². The highest BCUT2D eigenvalue weighted by Crippen LogP contribution is 2.39. The Balaban J connectivity index is 1.41. The number of nitrogens with zero attached hydrogens (tertiary/aromatic N) is 3. The number of nitrogens with one attached hydrogen (secondary N) is 1. The maximum atomic E-state index is 14.0. The zero-order valence-electron chi connectivity index (χ0n) is 19.3. The molecule has 1 fully saturated rings. The number of halogens is 1. The van der Waals surface area contributed by atoms with Gasteiger partial charge in [0.15, 0.2) is 5.75 Å². The van der Waals surface area contributed by atoms with E-state index in [4.69, 9.17) is 9.73 Å². The summed E-state index contributed by atoms with van der Waals surface area (Å²) in [6.45, 7) is 6.52. The van der Waals surface area contributed by atoms with Crippen molar-refractivity contribution < 1.29 is 13.9 Å². The first-order valence-electron chi connectivity index (χ1n) is 11.5. The molecular formula is C27H27FN4O2. The van der Waals surface area contributed by atoms with Gasteiger partial charge in [0.25, 0.3) is 0 Å². The number of carbonyl (C=O) groups excluding carboxylic acids is 1. The van der Waals surface area contributed by atoms with E-state index in [0.29, 0.717) is 19.6 Å². The van der Waals surface area contributed by atoms with Crippen LogP contribution in [0.4, 0.5) is 20.6 Å². The normalized spacial score (nSPS) is 15.3. The van der Waals surface area contributed by atoms with Crippen LogP contribution in [0, 0.1) is 19.7 Å². The van der Waals surface area contributed by atoms with Crippen LogP contribution in [0.5, 0.6) is 11.5 Å². The third kappa shape index (κ3) is 4.46. The van der Waals surface area contributed by atoms with Gasteiger partial charge in [-0.25, -0.2) is 14.2 Å². The SMILES string of the molecule is Cc1ccc2c(c1)Oc1ccc(C)cc1C(N1CCCN(C(=O)Nc3ccccc3F)CC1)=N2. The Bertz CT molecular complexity index is 1270. The molecule has 2 aliphatic rings. The van der Waals surface area contributed by atoms with Crippen LogP contribution in [0.3, 0.4) is 0 Å². The molecule has 0 radical (unpaired) electrons. The summed E-state index contributed by atoms with van der Waals surface area (Å²) in [6, 6.07) is 18.0. The lowest BCUT2D eigenvalue weighted by molar-refractivity contribution is 0.214. The summed E-state index contributed by atoms with van der Waals surface area (Å²) in [4.78, 5) is 21.8. The van der Waals surface area contributed by atoms with E-state index in [1.807, 2.05) is 37.3 Å². The molecule has 7 heteroatoms. The number of para-hydroxylation sites is 1. The molecule has 1 saturated heterocycles. The van der Waals surface area contributed by atoms with Gasteiger partial charge in [-0.15, -0.1) is 0 Å². The van der Waals surface area contributed by atoms with Gasteiger partial charge in [-0.2, -0.15) is 0 Å². The molecular weight excluding hydrogens is 431 g/mol. The lowest BCUT2D eigenvalue weighted by Gasteiger charge is -2.25. The third-order valence-electron chi connectivity index (χ3n) is 6.14. The first-order chi connectivity index (χ1) is 16.5. The van der Waals surface area contributed by atoms with Crippen LogP contribution < -0.4 is 10.1 Å². The molecule has 5 rings (SSSR count). The average Bonchev–Trinajstić information content (AvgIpc) is 3.15. The molecule has 3 aromatic rings. The minimum atomic E-state index is -0.444. The number of carbonyl (C=O) groups is 1. The molecule has 2 amide bonds. The maximum Gasteiger partial charge on any atom is 0.321 e. The second-order valence-electron chi connectivity index (χ2n) is 8.75. The molecule has 6 nitrogen and oxygen atoms in total. The molecule has 0 saturated carbocycles. The highest BCUT2D eigenvalue weighted by molar-refractivity contribution is 6.04. The van der Waals surface area contributed by atoms with Crippen LogP contribution in [-0.4, -0.2) is 47.8 Å². The Morgan fingerprint density at radius 3 is 2.59 bits per heavy atom. The van der Waals surface area contributed by atoms with E-state index in [9.17, 15) is 9.18 Å². The van der Waals surface area contributed by atoms with Gasteiger partial charge in [-0.1, -0.05) is 29.8 Å². The first kappa shape index (κ1) is 21.9. The zero-order valence-corrected chi connectivity index (χ0v) is 19.3. The topological polar surface area (TPSA) is 57.2 Å². The first-order valence-corrected chi connectivity index (χ1v) is 11.5. The molecule has 1 N–H and O–H groups in total. The molecule has 0 aliphatic carbocycles. The van der Waals surface area contributed by atoms with Crippen molar-refractivity contribution in [2.75, 3.05) is 31.5 Å². The summed E-state index contributed by atoms with van der Waals surface area (Å²) in [5.74, 6) is 1.91. The number of rotatable bonds is 1. The van der Waals surface area contributed by atoms with Gasteiger partial charge in [0, 0.05) is 26.2 Å². The molecule has 0 spiro atoms. The molecule has 34 heavy (non-hydrogen) atoms. The van der Waals surface area contributed by atoms with Crippen LogP contribution in [-0.2, 0) is 0 Å². The van der Waals surface area contributed by atoms with Gasteiger partial charge < -0.3 is 19.9 Å². The Labute approximate surface area is 198 Å². The fraction of sp³-hybridized carbons (Fsp3) is 0.259. The van der Waals surface area contributed by atoms with Crippen molar-refractivity contribution in [1.29, 1.82) is 0 Å². The van der Waals surface area contributed by atoms with Gasteiger partial charge in [-0.05, 0) is 62.2 Å². The van der Waals surface area contributed by atoms with E-state index in [0.717, 1.165) is 52.7 Å². The minimum Gasteiger partial charge on any atom is -0.454 e. The molecule has 2 aliphatic heterocycles. The molecule has 0 unspecified atom stereocenters. The number of hydrogen-bond acceptors (Lipinski definition) is 4. The second kappa shape index (κ2) is 9.17. The van der Waals surface area contributed by atoms with Crippen molar-refractivity contribution in [1.82, 2.24) is 9.80 Å². The lowest BCUT2D eigenvalue weighted by Crippen LogP contribution is -2.39. The van der Waals surface area contributed by atoms with Crippen molar-refractivity contribution >= 4 is 23.2 Å². The number of hydrogen-bond donors (Lipinski definition) is 1. The van der Waals surface area contributed by atoms with E-state index in [1.54, 1.807) is 23.1 Å². The van der Waals surface area contributed by atoms with Gasteiger partial charge in [0.05, 0.1) is 11.3 Å². The van der Waals surface area contributed by atoms with Crippen molar-refractivity contribution in [3.8, 4) is 11.5 Å². The van der Waals surface area contributed by atoms with Gasteiger partial charge in [0.1, 0.15) is 23.1 Å². The van der Waals surface area contributed by atoms with Crippen LogP contribution in [0.25, 0.3) is 0 Å². The summed E-state index contributed by atoms with van der Waals surface area (Å²) in [5, 5.41) is 2.70. The quantitative estimate of drug-likeness (QED) is 0.496. The summed E-state index contributed by atoms with van der Waals surface area (Å²) in [6.07, 6.45) is 0.770. The largest absolute Gasteiger partial charge is 0.454 e. The molecule has 0 aromatic heterocycles. The number of aliphatic imine (C=N–C) groups is 1. The summed E-state index contributed by atoms with van der Waals surface area (Å²) in [7, 11) is 0. The zero-order chi connectivity index (χ0) is 23.7. The predicted octanol–water partition coefficient (Wildman–Crippen LogP) is 5.87. The van der Waals surface area contributed by atoms with E-state index in [-0.39, 0.29) is 11.7 Å². The Hall–Kier alpha value is -3.87. The van der Waals surface area contributed by atoms with E-state index >= 15 is 0 Å². The average molecular weight is 459 g/mol. The maximum absolute atomic E-state index is 14.0. The van der Waals surface area contributed by atoms with Crippen LogP contribution in [0.1, 0.15) is 23.1 Å². The smallest absolute Gasteiger partial charge is 0.321 e. The standard InChI is InChI=1S/C27H27FN4O2/c1-18-9-11-24-20(16-18)26(29-23-10-8-19(2)17-25(23)34-24)31-12-5-13-32(15-14-31)27(33)30-22-7-4-3-6-21(22)28/h3-4,6-11,16-17H,5,12-15H2,1-2H3,(H,30,33). The Morgan fingerprint density at radius 1 is 0.941 bits per heavy atom. The minimum absolute atomic E-state index is 0.190. The number of amides is 2. The fourth-order valence-electron chi connectivity index (χ4n) is 4.33. The van der Waals surface area contributed by atoms with Crippen molar-refractivity contribution in [2.24, 2.45) is 4.99 Å². The lowest BCUT2D eigenvalue weighted by atomic mass is 10.1. The van der Waals surface area contributed by atoms with Crippen molar-refractivity contribution in [3.63, 3.8) is 0 Å². The van der Waals surface area contributed by atoms with Gasteiger partial charge in [-0.3, -0.25) is 0 Å². The molecule has 2 heterocycles. The number of aryl methyl sites for hydroxylation is 2. The van der Waals surface area contributed by atoms with Crippen LogP contribution in [0.15, 0.2) is 65.7 Å². The summed E-state index contributed by atoms with van der Waals surface area (Å²) < 4.78 is 20.3. The monoisotopic (exact) mass is 458 g/mol. The number of urea groups is 1. The molecule has 0 bridgehead atoms. The highest BCUT2D eigenvalue weighted by Gasteiger charge is 2.26. The van der Waals surface area contributed by atoms with Crippen LogP contribution >= 0.6 is 0 Å². The molecule has 3 aromatic carbocycles. The fourth-order valence-corrected chi connectivity index (χ4v) is 4.33. The van der Waals surface area contributed by atoms with E-state index in [2.05, 4.69) is 23.2 Å². The van der Waals surface area contributed by atoms with E-state index < -0.39 is 5.82 Å².